The fraction of sp³-hybridized carbons (Fsp3) is 0.400. The molecular weight excluding hydrogens is 268 g/mol. The predicted octanol–water partition coefficient (Wildman–Crippen LogP) is 1.62. The van der Waals surface area contributed by atoms with Crippen LogP contribution in [0.3, 0.4) is 0 Å². The Bertz CT molecular complexity index is 629. The Hall–Kier alpha value is -2.37. The molecule has 2 heterocycles. The van der Waals surface area contributed by atoms with Gasteiger partial charge < -0.3 is 14.7 Å². The number of carbonyl (C=O) groups excluding carboxylic acids is 1. The van der Waals surface area contributed by atoms with Crippen LogP contribution in [0.2, 0.25) is 0 Å². The van der Waals surface area contributed by atoms with Gasteiger partial charge in [0.05, 0.1) is 5.92 Å². The van der Waals surface area contributed by atoms with E-state index in [9.17, 15) is 4.79 Å². The van der Waals surface area contributed by atoms with E-state index in [2.05, 4.69) is 15.5 Å². The molecule has 0 saturated carbocycles. The summed E-state index contributed by atoms with van der Waals surface area (Å²) in [5.41, 5.74) is 2.12. The normalized spacial score (nSPS) is 14.9. The van der Waals surface area contributed by atoms with Crippen LogP contribution in [0.25, 0.3) is 11.4 Å². The lowest BCUT2D eigenvalue weighted by Crippen LogP contribution is -2.53. The van der Waals surface area contributed by atoms with Gasteiger partial charge in [0.25, 0.3) is 0 Å². The quantitative estimate of drug-likeness (QED) is 0.924. The summed E-state index contributed by atoms with van der Waals surface area (Å²) in [6.07, 6.45) is 0. The first-order chi connectivity index (χ1) is 10.2. The molecule has 1 N–H and O–H groups in total. The minimum Gasteiger partial charge on any atom is -0.356 e. The fourth-order valence-corrected chi connectivity index (χ4v) is 2.28. The molecule has 0 unspecified atom stereocenters. The van der Waals surface area contributed by atoms with Crippen LogP contribution in [0.15, 0.2) is 28.8 Å². The minimum atomic E-state index is 0.0136. The van der Waals surface area contributed by atoms with Crippen molar-refractivity contribution in [1.82, 2.24) is 15.5 Å². The van der Waals surface area contributed by atoms with Crippen LogP contribution in [0.1, 0.15) is 12.5 Å². The minimum absolute atomic E-state index is 0.0136. The van der Waals surface area contributed by atoms with Gasteiger partial charge >= 0.3 is 6.01 Å². The van der Waals surface area contributed by atoms with E-state index in [0.717, 1.165) is 5.56 Å². The van der Waals surface area contributed by atoms with Gasteiger partial charge in [-0.3, -0.25) is 4.79 Å². The Morgan fingerprint density at radius 2 is 2.10 bits per heavy atom. The maximum atomic E-state index is 11.7. The number of benzene rings is 1. The van der Waals surface area contributed by atoms with E-state index in [0.29, 0.717) is 31.5 Å². The summed E-state index contributed by atoms with van der Waals surface area (Å²) in [7, 11) is 0. The Labute approximate surface area is 123 Å². The number of aromatic nitrogens is 2. The van der Waals surface area contributed by atoms with Crippen molar-refractivity contribution in [3.8, 4) is 11.4 Å². The average molecular weight is 286 g/mol. The lowest BCUT2D eigenvalue weighted by Gasteiger charge is -2.36. The first-order valence-electron chi connectivity index (χ1n) is 7.10. The Balaban J connectivity index is 1.64. The molecule has 0 radical (unpaired) electrons. The van der Waals surface area contributed by atoms with Crippen LogP contribution >= 0.6 is 0 Å². The van der Waals surface area contributed by atoms with Gasteiger partial charge in [-0.15, -0.1) is 0 Å². The van der Waals surface area contributed by atoms with Crippen molar-refractivity contribution >= 4 is 11.9 Å². The number of rotatable bonds is 4. The van der Waals surface area contributed by atoms with E-state index in [4.69, 9.17) is 4.52 Å². The maximum Gasteiger partial charge on any atom is 0.324 e. The topological polar surface area (TPSA) is 71.3 Å². The lowest BCUT2D eigenvalue weighted by atomic mass is 10.00. The molecule has 3 rings (SSSR count). The third kappa shape index (κ3) is 2.74. The third-order valence-electron chi connectivity index (χ3n) is 3.60. The van der Waals surface area contributed by atoms with Crippen molar-refractivity contribution in [3.63, 3.8) is 0 Å². The first-order valence-corrected chi connectivity index (χ1v) is 7.10. The van der Waals surface area contributed by atoms with E-state index in [1.54, 1.807) is 0 Å². The Morgan fingerprint density at radius 1 is 1.38 bits per heavy atom. The first kappa shape index (κ1) is 13.6. The molecule has 1 aromatic carbocycles. The molecule has 1 fully saturated rings. The van der Waals surface area contributed by atoms with Crippen LogP contribution in [0.5, 0.6) is 0 Å². The number of nitrogens with one attached hydrogen (secondary N) is 1. The number of hydrogen-bond donors (Lipinski definition) is 1. The molecule has 21 heavy (non-hydrogen) atoms. The molecule has 110 valence electrons. The zero-order valence-corrected chi connectivity index (χ0v) is 12.2. The molecule has 1 amide bonds. The second-order valence-electron chi connectivity index (χ2n) is 5.26. The van der Waals surface area contributed by atoms with Crippen molar-refractivity contribution in [2.75, 3.05) is 24.5 Å². The van der Waals surface area contributed by atoms with Gasteiger partial charge in [0.1, 0.15) is 0 Å². The number of amides is 1. The summed E-state index contributed by atoms with van der Waals surface area (Å²) >= 11 is 0. The van der Waals surface area contributed by atoms with Gasteiger partial charge in [0, 0.05) is 25.2 Å². The fourth-order valence-electron chi connectivity index (χ4n) is 2.28. The summed E-state index contributed by atoms with van der Waals surface area (Å²) in [5, 5.41) is 6.82. The standard InChI is InChI=1S/C15H18N4O2/c1-3-16-14(20)12-8-19(9-12)15-17-13(18-21-15)11-6-4-10(2)5-7-11/h4-7,12H,3,8-9H2,1-2H3,(H,16,20). The molecule has 0 bridgehead atoms. The number of aryl methyl sites for hydroxylation is 1. The van der Waals surface area contributed by atoms with Gasteiger partial charge in [-0.2, -0.15) is 4.98 Å². The Morgan fingerprint density at radius 3 is 2.76 bits per heavy atom. The third-order valence-corrected chi connectivity index (χ3v) is 3.60. The number of anilines is 1. The van der Waals surface area contributed by atoms with Crippen molar-refractivity contribution in [2.45, 2.75) is 13.8 Å². The molecule has 1 aliphatic heterocycles. The molecule has 0 spiro atoms. The highest BCUT2D eigenvalue weighted by atomic mass is 16.5. The van der Waals surface area contributed by atoms with E-state index < -0.39 is 0 Å². The number of carbonyl (C=O) groups is 1. The Kier molecular flexibility index (Phi) is 3.60. The molecular formula is C15H18N4O2. The smallest absolute Gasteiger partial charge is 0.324 e. The van der Waals surface area contributed by atoms with E-state index in [1.807, 2.05) is 43.0 Å². The summed E-state index contributed by atoms with van der Waals surface area (Å²) < 4.78 is 5.27. The molecule has 1 aliphatic rings. The monoisotopic (exact) mass is 286 g/mol. The number of nitrogens with zero attached hydrogens (tertiary/aromatic N) is 3. The molecule has 0 aliphatic carbocycles. The van der Waals surface area contributed by atoms with Crippen LogP contribution < -0.4 is 10.2 Å². The molecule has 1 aromatic heterocycles. The van der Waals surface area contributed by atoms with Crippen molar-refractivity contribution in [3.05, 3.63) is 29.8 Å². The van der Waals surface area contributed by atoms with Crippen molar-refractivity contribution in [1.29, 1.82) is 0 Å². The molecule has 2 aromatic rings. The second kappa shape index (κ2) is 5.55. The summed E-state index contributed by atoms with van der Waals surface area (Å²) in [5.74, 6) is 0.679. The van der Waals surface area contributed by atoms with Gasteiger partial charge in [-0.05, 0) is 13.8 Å². The average Bonchev–Trinajstić information content (AvgIpc) is 2.87. The van der Waals surface area contributed by atoms with Gasteiger partial charge in [-0.25, -0.2) is 0 Å². The van der Waals surface area contributed by atoms with Crippen LogP contribution in [-0.4, -0.2) is 35.7 Å². The van der Waals surface area contributed by atoms with Crippen molar-refractivity contribution in [2.24, 2.45) is 5.92 Å². The van der Waals surface area contributed by atoms with Crippen LogP contribution in [0.4, 0.5) is 6.01 Å². The molecule has 6 heteroatoms. The van der Waals surface area contributed by atoms with E-state index in [1.165, 1.54) is 5.56 Å². The highest BCUT2D eigenvalue weighted by molar-refractivity contribution is 5.81. The highest BCUT2D eigenvalue weighted by Gasteiger charge is 2.35. The van der Waals surface area contributed by atoms with Crippen molar-refractivity contribution < 1.29 is 9.32 Å². The maximum absolute atomic E-state index is 11.7. The predicted molar refractivity (Wildman–Crippen MR) is 78.9 cm³/mol. The second-order valence-corrected chi connectivity index (χ2v) is 5.26. The van der Waals surface area contributed by atoms with E-state index >= 15 is 0 Å². The lowest BCUT2D eigenvalue weighted by molar-refractivity contribution is -0.125. The highest BCUT2D eigenvalue weighted by Crippen LogP contribution is 2.25. The largest absolute Gasteiger partial charge is 0.356 e. The van der Waals surface area contributed by atoms with Crippen LogP contribution in [-0.2, 0) is 4.79 Å². The van der Waals surface area contributed by atoms with Gasteiger partial charge in [-0.1, -0.05) is 35.0 Å². The summed E-state index contributed by atoms with van der Waals surface area (Å²) in [6.45, 7) is 5.86. The zero-order chi connectivity index (χ0) is 14.8. The van der Waals surface area contributed by atoms with E-state index in [-0.39, 0.29) is 11.8 Å². The molecule has 0 atom stereocenters. The van der Waals surface area contributed by atoms with Crippen LogP contribution in [0, 0.1) is 12.8 Å². The zero-order valence-electron chi connectivity index (χ0n) is 12.2. The molecule has 6 nitrogen and oxygen atoms in total. The van der Waals surface area contributed by atoms with Gasteiger partial charge in [0.15, 0.2) is 0 Å². The van der Waals surface area contributed by atoms with Gasteiger partial charge in [0.2, 0.25) is 11.7 Å². The molecule has 1 saturated heterocycles. The SMILES string of the molecule is CCNC(=O)C1CN(c2nc(-c3ccc(C)cc3)no2)C1. The summed E-state index contributed by atoms with van der Waals surface area (Å²) in [6, 6.07) is 8.45. The summed E-state index contributed by atoms with van der Waals surface area (Å²) in [4.78, 5) is 18.0. The number of hydrogen-bond acceptors (Lipinski definition) is 5.